The second kappa shape index (κ2) is 21.7. The molecule has 9 heteroatoms. The number of hydrogen-bond donors (Lipinski definition) is 2. The highest BCUT2D eigenvalue weighted by Gasteiger charge is 2.49. The molecule has 1 aliphatic heterocycles. The van der Waals surface area contributed by atoms with Gasteiger partial charge in [0.15, 0.2) is 6.29 Å². The first-order valence-electron chi connectivity index (χ1n) is 19.0. The number of aliphatic hydroxyl groups is 1. The monoisotopic (exact) mass is 747 g/mol. The molecule has 5 aromatic carbocycles. The van der Waals surface area contributed by atoms with Gasteiger partial charge in [-0.15, -0.1) is 0 Å². The summed E-state index contributed by atoms with van der Waals surface area (Å²) in [5.74, 6) is 0. The van der Waals surface area contributed by atoms with E-state index in [2.05, 4.69) is 0 Å². The van der Waals surface area contributed by atoms with Gasteiger partial charge in [0.25, 0.3) is 0 Å². The van der Waals surface area contributed by atoms with Crippen molar-refractivity contribution in [2.24, 2.45) is 5.73 Å². The lowest BCUT2D eigenvalue weighted by Gasteiger charge is -2.46. The van der Waals surface area contributed by atoms with Crippen molar-refractivity contribution in [3.05, 3.63) is 179 Å². The zero-order valence-corrected chi connectivity index (χ0v) is 31.4. The molecule has 3 N–H and O–H groups in total. The highest BCUT2D eigenvalue weighted by atomic mass is 16.7. The molecule has 0 aromatic heterocycles. The van der Waals surface area contributed by atoms with Gasteiger partial charge in [-0.1, -0.05) is 152 Å². The fourth-order valence-electron chi connectivity index (χ4n) is 6.57. The average molecular weight is 748 g/mol. The van der Waals surface area contributed by atoms with Crippen LogP contribution in [0.4, 0.5) is 0 Å². The first-order chi connectivity index (χ1) is 27.0. The maximum atomic E-state index is 10.7. The van der Waals surface area contributed by atoms with E-state index >= 15 is 0 Å². The first-order valence-corrected chi connectivity index (χ1v) is 19.0. The Hall–Kier alpha value is -4.26. The van der Waals surface area contributed by atoms with Gasteiger partial charge in [-0.25, -0.2) is 0 Å². The van der Waals surface area contributed by atoms with Crippen LogP contribution in [0, 0.1) is 0 Å². The smallest absolute Gasteiger partial charge is 0.187 e. The van der Waals surface area contributed by atoms with Gasteiger partial charge in [0.1, 0.15) is 30.5 Å². The van der Waals surface area contributed by atoms with Crippen LogP contribution in [-0.2, 0) is 66.2 Å². The van der Waals surface area contributed by atoms with Gasteiger partial charge >= 0.3 is 0 Å². The molecule has 0 aliphatic carbocycles. The van der Waals surface area contributed by atoms with E-state index in [0.29, 0.717) is 26.4 Å². The third-order valence-corrected chi connectivity index (χ3v) is 9.48. The molecule has 1 fully saturated rings. The summed E-state index contributed by atoms with van der Waals surface area (Å²) in [6.07, 6.45) is -5.07. The average Bonchev–Trinajstić information content (AvgIpc) is 3.23. The molecule has 6 rings (SSSR count). The summed E-state index contributed by atoms with van der Waals surface area (Å²) in [5.41, 5.74) is 11.7. The SMILES string of the molecule is C[C@@H](O)[C@@H](OCc1ccccc1)[C@@H](N)CO[C@H]1OC(COCc2ccccc2)[C@H](OCc2ccccc2)C(OCc2ccccc2)C1OCc1ccccc1. The van der Waals surface area contributed by atoms with Crippen molar-refractivity contribution in [2.45, 2.75) is 88.9 Å². The fourth-order valence-corrected chi connectivity index (χ4v) is 6.57. The lowest BCUT2D eigenvalue weighted by Crippen LogP contribution is -2.62. The van der Waals surface area contributed by atoms with Gasteiger partial charge in [0.05, 0.1) is 58.4 Å². The highest BCUT2D eigenvalue weighted by molar-refractivity contribution is 5.17. The minimum Gasteiger partial charge on any atom is -0.391 e. The molecule has 1 heterocycles. The Balaban J connectivity index is 1.27. The number of ether oxygens (including phenoxy) is 7. The lowest BCUT2D eigenvalue weighted by molar-refractivity contribution is -0.329. The third kappa shape index (κ3) is 12.6. The molecule has 1 saturated heterocycles. The molecule has 3 unspecified atom stereocenters. The van der Waals surface area contributed by atoms with Crippen molar-refractivity contribution < 1.29 is 38.3 Å². The van der Waals surface area contributed by atoms with Gasteiger partial charge in [0.2, 0.25) is 0 Å². The van der Waals surface area contributed by atoms with Gasteiger partial charge < -0.3 is 44.0 Å². The number of aliphatic hydroxyl groups excluding tert-OH is 1. The van der Waals surface area contributed by atoms with Crippen LogP contribution in [0.5, 0.6) is 0 Å². The van der Waals surface area contributed by atoms with Crippen LogP contribution in [0.15, 0.2) is 152 Å². The second-order valence-electron chi connectivity index (χ2n) is 13.8. The molecule has 0 spiro atoms. The van der Waals surface area contributed by atoms with Crippen molar-refractivity contribution >= 4 is 0 Å². The summed E-state index contributed by atoms with van der Waals surface area (Å²) >= 11 is 0. The van der Waals surface area contributed by atoms with Crippen molar-refractivity contribution in [3.63, 3.8) is 0 Å². The van der Waals surface area contributed by atoms with Crippen LogP contribution < -0.4 is 5.73 Å². The van der Waals surface area contributed by atoms with E-state index < -0.39 is 49.0 Å². The Labute approximate surface area is 324 Å². The van der Waals surface area contributed by atoms with Crippen molar-refractivity contribution in [1.82, 2.24) is 0 Å². The van der Waals surface area contributed by atoms with E-state index in [1.54, 1.807) is 6.92 Å². The van der Waals surface area contributed by atoms with Crippen LogP contribution in [-0.4, -0.2) is 67.3 Å². The predicted molar refractivity (Wildman–Crippen MR) is 210 cm³/mol. The Kier molecular flexibility index (Phi) is 16.0. The van der Waals surface area contributed by atoms with E-state index in [-0.39, 0.29) is 19.8 Å². The van der Waals surface area contributed by atoms with Gasteiger partial charge in [-0.2, -0.15) is 0 Å². The van der Waals surface area contributed by atoms with E-state index in [0.717, 1.165) is 27.8 Å². The maximum absolute atomic E-state index is 10.7. The molecular weight excluding hydrogens is 695 g/mol. The van der Waals surface area contributed by atoms with Crippen LogP contribution in [0.1, 0.15) is 34.7 Å². The summed E-state index contributed by atoms with van der Waals surface area (Å²) in [7, 11) is 0. The summed E-state index contributed by atoms with van der Waals surface area (Å²) in [5, 5.41) is 10.7. The molecule has 0 saturated carbocycles. The molecule has 8 atom stereocenters. The summed E-state index contributed by atoms with van der Waals surface area (Å²) in [6.45, 7) is 3.48. The molecule has 1 aliphatic rings. The van der Waals surface area contributed by atoms with Crippen LogP contribution in [0.25, 0.3) is 0 Å². The largest absolute Gasteiger partial charge is 0.391 e. The molecule has 0 radical (unpaired) electrons. The molecular formula is C46H53NO8. The highest BCUT2D eigenvalue weighted by Crippen LogP contribution is 2.32. The van der Waals surface area contributed by atoms with E-state index in [1.165, 1.54) is 0 Å². The van der Waals surface area contributed by atoms with Gasteiger partial charge in [-0.05, 0) is 34.7 Å². The molecule has 9 nitrogen and oxygen atoms in total. The van der Waals surface area contributed by atoms with Gasteiger partial charge in [-0.3, -0.25) is 0 Å². The van der Waals surface area contributed by atoms with E-state index in [4.69, 9.17) is 38.9 Å². The van der Waals surface area contributed by atoms with Crippen LogP contribution in [0.3, 0.4) is 0 Å². The minimum absolute atomic E-state index is 0.0127. The minimum atomic E-state index is -0.929. The van der Waals surface area contributed by atoms with E-state index in [9.17, 15) is 5.11 Å². The maximum Gasteiger partial charge on any atom is 0.187 e. The summed E-state index contributed by atoms with van der Waals surface area (Å²) in [4.78, 5) is 0. The van der Waals surface area contributed by atoms with Crippen molar-refractivity contribution in [1.29, 1.82) is 0 Å². The number of hydrogen-bond acceptors (Lipinski definition) is 9. The summed E-state index contributed by atoms with van der Waals surface area (Å²) < 4.78 is 46.1. The summed E-state index contributed by atoms with van der Waals surface area (Å²) in [6, 6.07) is 49.1. The van der Waals surface area contributed by atoms with Crippen LogP contribution >= 0.6 is 0 Å². The predicted octanol–water partition coefficient (Wildman–Crippen LogP) is 6.99. The number of benzene rings is 5. The Morgan fingerprint density at radius 3 is 1.38 bits per heavy atom. The topological polar surface area (TPSA) is 111 Å². The third-order valence-electron chi connectivity index (χ3n) is 9.48. The molecule has 0 amide bonds. The van der Waals surface area contributed by atoms with Crippen molar-refractivity contribution in [2.75, 3.05) is 13.2 Å². The molecule has 5 aromatic rings. The quantitative estimate of drug-likeness (QED) is 0.0821. The number of rotatable bonds is 21. The first kappa shape index (κ1) is 40.4. The standard InChI is InChI=1S/C46H53NO8/c1-34(48)42(50-28-36-19-9-3-10-20-36)40(47)32-54-46-45(53-31-39-25-15-6-16-26-39)44(52-30-38-23-13-5-14-24-38)43(51-29-37-21-11-4-12-22-37)41(55-46)33-49-27-35-17-7-2-8-18-35/h2-26,34,40-46,48H,27-33,47H2,1H3/t34-,40+,41?,42-,43+,44?,45?,46+/m1/s1. The fraction of sp³-hybridized carbons (Fsp3) is 0.348. The second-order valence-corrected chi connectivity index (χ2v) is 13.8. The zero-order valence-electron chi connectivity index (χ0n) is 31.4. The van der Waals surface area contributed by atoms with Crippen molar-refractivity contribution in [3.8, 4) is 0 Å². The zero-order chi connectivity index (χ0) is 38.1. The normalized spacial score (nSPS) is 21.5. The molecule has 0 bridgehead atoms. The Morgan fingerprint density at radius 1 is 0.527 bits per heavy atom. The van der Waals surface area contributed by atoms with Gasteiger partial charge in [0, 0.05) is 0 Å². The Morgan fingerprint density at radius 2 is 0.927 bits per heavy atom. The van der Waals surface area contributed by atoms with E-state index in [1.807, 2.05) is 152 Å². The molecule has 290 valence electrons. The molecule has 55 heavy (non-hydrogen) atoms. The lowest BCUT2D eigenvalue weighted by atomic mass is 9.97. The number of nitrogens with two attached hydrogens (primary N) is 1. The Bertz CT molecular complexity index is 1750. The van der Waals surface area contributed by atoms with Crippen LogP contribution in [0.2, 0.25) is 0 Å².